The maximum Gasteiger partial charge on any atom is 0.253 e. The summed E-state index contributed by atoms with van der Waals surface area (Å²) in [4.78, 5) is 27.9. The molecule has 33 heavy (non-hydrogen) atoms. The highest BCUT2D eigenvalue weighted by Gasteiger charge is 2.32. The molecule has 0 saturated carbocycles. The molecular weight excluding hydrogens is 412 g/mol. The number of nitrogens with two attached hydrogens (primary N) is 2. The van der Waals surface area contributed by atoms with Gasteiger partial charge in [0.2, 0.25) is 0 Å². The van der Waals surface area contributed by atoms with Gasteiger partial charge in [0.25, 0.3) is 5.91 Å². The van der Waals surface area contributed by atoms with E-state index in [1.54, 1.807) is 4.90 Å². The van der Waals surface area contributed by atoms with Gasteiger partial charge in [-0.05, 0) is 17.7 Å². The number of hydrogen-bond donors (Lipinski definition) is 3. The molecule has 1 aliphatic rings. The second-order valence-electron chi connectivity index (χ2n) is 7.93. The Morgan fingerprint density at radius 2 is 1.70 bits per heavy atom. The molecule has 0 fully saturated rings. The number of para-hydroxylation sites is 2. The summed E-state index contributed by atoms with van der Waals surface area (Å²) >= 11 is 0. The number of H-pyrrole nitrogens is 1. The van der Waals surface area contributed by atoms with Gasteiger partial charge in [-0.2, -0.15) is 0 Å². The van der Waals surface area contributed by atoms with Crippen LogP contribution in [0.5, 0.6) is 0 Å². The number of amides is 1. The molecule has 0 aliphatic carbocycles. The first-order chi connectivity index (χ1) is 16.1. The van der Waals surface area contributed by atoms with Crippen molar-refractivity contribution in [1.82, 2.24) is 4.98 Å². The summed E-state index contributed by atoms with van der Waals surface area (Å²) in [5, 5.41) is 1.08. The van der Waals surface area contributed by atoms with Crippen LogP contribution in [0.4, 0.5) is 5.69 Å². The van der Waals surface area contributed by atoms with Gasteiger partial charge in [-0.25, -0.2) is 4.99 Å². The van der Waals surface area contributed by atoms with Crippen molar-refractivity contribution in [3.05, 3.63) is 102 Å². The van der Waals surface area contributed by atoms with Gasteiger partial charge in [-0.3, -0.25) is 14.7 Å². The number of hydrogen-bond acceptors (Lipinski definition) is 3. The van der Waals surface area contributed by atoms with E-state index in [9.17, 15) is 4.79 Å². The molecule has 1 unspecified atom stereocenters. The van der Waals surface area contributed by atoms with Crippen molar-refractivity contribution in [2.24, 2.45) is 21.5 Å². The van der Waals surface area contributed by atoms with Gasteiger partial charge < -0.3 is 16.5 Å². The normalized spacial score (nSPS) is 15.6. The van der Waals surface area contributed by atoms with E-state index in [0.717, 1.165) is 39.0 Å². The van der Waals surface area contributed by atoms with Crippen LogP contribution in [0.1, 0.15) is 16.7 Å². The third-order valence-corrected chi connectivity index (χ3v) is 5.82. The molecule has 4 aromatic rings. The Kier molecular flexibility index (Phi) is 5.36. The highest BCUT2D eigenvalue weighted by Crippen LogP contribution is 2.30. The van der Waals surface area contributed by atoms with Crippen LogP contribution in [0.3, 0.4) is 0 Å². The van der Waals surface area contributed by atoms with Crippen molar-refractivity contribution >= 4 is 34.2 Å². The summed E-state index contributed by atoms with van der Waals surface area (Å²) in [5.74, 6) is -0.217. The molecule has 1 aliphatic heterocycles. The van der Waals surface area contributed by atoms with Gasteiger partial charge in [0.05, 0.1) is 11.4 Å². The lowest BCUT2D eigenvalue weighted by molar-refractivity contribution is -0.119. The molecule has 1 atom stereocenters. The van der Waals surface area contributed by atoms with E-state index in [2.05, 4.69) is 16.0 Å². The number of aliphatic imine (C=N–C) groups is 2. The van der Waals surface area contributed by atoms with Crippen LogP contribution < -0.4 is 16.4 Å². The topological polar surface area (TPSA) is 113 Å². The summed E-state index contributed by atoms with van der Waals surface area (Å²) in [6.07, 6.45) is 2.40. The number of nitrogens with one attached hydrogen (secondary N) is 1. The number of benzene rings is 3. The van der Waals surface area contributed by atoms with Crippen LogP contribution >= 0.6 is 0 Å². The van der Waals surface area contributed by atoms with E-state index in [1.165, 1.54) is 0 Å². The van der Waals surface area contributed by atoms with Crippen LogP contribution in [0.25, 0.3) is 10.9 Å². The van der Waals surface area contributed by atoms with Crippen molar-refractivity contribution in [2.45, 2.75) is 12.5 Å². The number of aromatic nitrogens is 1. The van der Waals surface area contributed by atoms with E-state index in [0.29, 0.717) is 6.42 Å². The zero-order valence-electron chi connectivity index (χ0n) is 18.0. The van der Waals surface area contributed by atoms with Crippen LogP contribution in [0.15, 0.2) is 95.0 Å². The van der Waals surface area contributed by atoms with Crippen molar-refractivity contribution < 1.29 is 4.79 Å². The zero-order valence-corrected chi connectivity index (χ0v) is 18.0. The predicted octanol–water partition coefficient (Wildman–Crippen LogP) is 3.19. The fourth-order valence-electron chi connectivity index (χ4n) is 4.25. The minimum absolute atomic E-state index is 0.0279. The second kappa shape index (κ2) is 8.63. The average Bonchev–Trinajstić information content (AvgIpc) is 3.20. The number of carbonyl (C=O) groups is 1. The van der Waals surface area contributed by atoms with E-state index in [4.69, 9.17) is 16.5 Å². The standard InChI is InChI=1S/C26H24N6O/c27-26(28)30-16-32-23-13-7-5-11-20(23)24(17-8-2-1-3-9-17)31-22(25(32)33)14-18-15-29-21-12-6-4-10-19(18)21/h1-13,15,22,29H,14,16H2,(H4,27,28,30). The van der Waals surface area contributed by atoms with E-state index in [1.807, 2.05) is 79.0 Å². The number of aromatic amines is 1. The van der Waals surface area contributed by atoms with Gasteiger partial charge in [0, 0.05) is 34.6 Å². The Morgan fingerprint density at radius 3 is 2.52 bits per heavy atom. The molecule has 0 saturated heterocycles. The minimum atomic E-state index is -0.638. The number of anilines is 1. The lowest BCUT2D eigenvalue weighted by atomic mass is 10.00. The molecule has 5 N–H and O–H groups in total. The van der Waals surface area contributed by atoms with Crippen molar-refractivity contribution in [2.75, 3.05) is 11.6 Å². The molecular formula is C26H24N6O. The van der Waals surface area contributed by atoms with Crippen LogP contribution in [0, 0.1) is 0 Å². The average molecular weight is 437 g/mol. The van der Waals surface area contributed by atoms with E-state index < -0.39 is 6.04 Å². The highest BCUT2D eigenvalue weighted by molar-refractivity contribution is 6.20. The maximum atomic E-state index is 13.8. The summed E-state index contributed by atoms with van der Waals surface area (Å²) in [6, 6.07) is 25.1. The smallest absolute Gasteiger partial charge is 0.253 e. The Labute approximate surface area is 191 Å². The molecule has 2 heterocycles. The number of guanidine groups is 1. The molecule has 1 amide bonds. The molecule has 0 bridgehead atoms. The first-order valence-electron chi connectivity index (χ1n) is 10.8. The van der Waals surface area contributed by atoms with Gasteiger partial charge in [-0.1, -0.05) is 66.7 Å². The maximum absolute atomic E-state index is 13.8. The SMILES string of the molecule is NC(N)=NCN1C(=O)C(Cc2c[nH]c3ccccc23)N=C(c2ccccc2)c2ccccc21. The molecule has 164 valence electrons. The third kappa shape index (κ3) is 3.96. The van der Waals surface area contributed by atoms with Gasteiger partial charge >= 0.3 is 0 Å². The lowest BCUT2D eigenvalue weighted by Crippen LogP contribution is -2.40. The number of carbonyl (C=O) groups excluding carboxylic acids is 1. The van der Waals surface area contributed by atoms with Gasteiger partial charge in [0.1, 0.15) is 12.7 Å². The monoisotopic (exact) mass is 436 g/mol. The molecule has 1 aromatic heterocycles. The third-order valence-electron chi connectivity index (χ3n) is 5.82. The number of rotatable bonds is 5. The van der Waals surface area contributed by atoms with Gasteiger partial charge in [0.15, 0.2) is 5.96 Å². The second-order valence-corrected chi connectivity index (χ2v) is 7.93. The Morgan fingerprint density at radius 1 is 0.970 bits per heavy atom. The Balaban J connectivity index is 1.65. The van der Waals surface area contributed by atoms with Crippen molar-refractivity contribution in [1.29, 1.82) is 0 Å². The highest BCUT2D eigenvalue weighted by atomic mass is 16.2. The summed E-state index contributed by atoms with van der Waals surface area (Å²) in [5.41, 5.74) is 16.6. The van der Waals surface area contributed by atoms with Crippen molar-refractivity contribution in [3.63, 3.8) is 0 Å². The molecule has 0 radical (unpaired) electrons. The quantitative estimate of drug-likeness (QED) is 0.330. The molecule has 5 rings (SSSR count). The summed E-state index contributed by atoms with van der Waals surface area (Å²) < 4.78 is 0. The predicted molar refractivity (Wildman–Crippen MR) is 132 cm³/mol. The summed E-state index contributed by atoms with van der Waals surface area (Å²) in [6.45, 7) is 0.0279. The fraction of sp³-hybridized carbons (Fsp3) is 0.115. The van der Waals surface area contributed by atoms with E-state index >= 15 is 0 Å². The summed E-state index contributed by atoms with van der Waals surface area (Å²) in [7, 11) is 0. The van der Waals surface area contributed by atoms with Crippen LogP contribution in [-0.2, 0) is 11.2 Å². The lowest BCUT2D eigenvalue weighted by Gasteiger charge is -2.23. The van der Waals surface area contributed by atoms with Crippen molar-refractivity contribution in [3.8, 4) is 0 Å². The van der Waals surface area contributed by atoms with Gasteiger partial charge in [-0.15, -0.1) is 0 Å². The number of benzodiazepines with no additional fused rings is 1. The Bertz CT molecular complexity index is 1370. The molecule has 7 nitrogen and oxygen atoms in total. The molecule has 0 spiro atoms. The molecule has 7 heteroatoms. The van der Waals surface area contributed by atoms with Crippen LogP contribution in [-0.4, -0.2) is 35.3 Å². The molecule has 3 aromatic carbocycles. The fourth-order valence-corrected chi connectivity index (χ4v) is 4.25. The number of nitrogens with zero attached hydrogens (tertiary/aromatic N) is 3. The minimum Gasteiger partial charge on any atom is -0.370 e. The Hall–Kier alpha value is -4.39. The zero-order chi connectivity index (χ0) is 22.8. The largest absolute Gasteiger partial charge is 0.370 e. The first-order valence-corrected chi connectivity index (χ1v) is 10.8. The van der Waals surface area contributed by atoms with E-state index in [-0.39, 0.29) is 18.5 Å². The number of fused-ring (bicyclic) bond motifs is 2. The van der Waals surface area contributed by atoms with Crippen LogP contribution in [0.2, 0.25) is 0 Å². The first kappa shape index (κ1) is 20.5.